The van der Waals surface area contributed by atoms with Crippen LogP contribution in [0.15, 0.2) is 42.5 Å². The van der Waals surface area contributed by atoms with Crippen LogP contribution < -0.4 is 4.90 Å². The molecule has 2 fully saturated rings. The number of halogens is 2. The molecule has 1 unspecified atom stereocenters. The molecule has 2 aromatic carbocycles. The SMILES string of the molecule is O=C(C1CCCCC1)N1c2ccccc2CCC1CN1CCN(Cc2ccc(F)cc2F)CC1. The zero-order chi connectivity index (χ0) is 23.5. The first-order valence-electron chi connectivity index (χ1n) is 12.9. The first kappa shape index (κ1) is 23.4. The van der Waals surface area contributed by atoms with Gasteiger partial charge in [-0.2, -0.15) is 0 Å². The van der Waals surface area contributed by atoms with Crippen LogP contribution in [0.4, 0.5) is 14.5 Å². The van der Waals surface area contributed by atoms with Gasteiger partial charge in [0.25, 0.3) is 0 Å². The summed E-state index contributed by atoms with van der Waals surface area (Å²) >= 11 is 0. The number of aryl methyl sites for hydroxylation is 1. The highest BCUT2D eigenvalue weighted by atomic mass is 19.1. The lowest BCUT2D eigenvalue weighted by atomic mass is 9.86. The number of amides is 1. The Bertz CT molecular complexity index is 999. The van der Waals surface area contributed by atoms with Crippen molar-refractivity contribution in [2.75, 3.05) is 37.6 Å². The van der Waals surface area contributed by atoms with E-state index in [4.69, 9.17) is 0 Å². The fourth-order valence-electron chi connectivity index (χ4n) is 5.94. The molecule has 0 N–H and O–H groups in total. The maximum absolute atomic E-state index is 14.1. The second-order valence-electron chi connectivity index (χ2n) is 10.2. The van der Waals surface area contributed by atoms with Crippen molar-refractivity contribution in [3.8, 4) is 0 Å². The number of carbonyl (C=O) groups excluding carboxylic acids is 1. The van der Waals surface area contributed by atoms with E-state index in [0.717, 1.165) is 83.0 Å². The second kappa shape index (κ2) is 10.5. The molecular weight excluding hydrogens is 432 g/mol. The minimum absolute atomic E-state index is 0.157. The summed E-state index contributed by atoms with van der Waals surface area (Å²) < 4.78 is 27.3. The Labute approximate surface area is 201 Å². The minimum Gasteiger partial charge on any atom is -0.308 e. The molecule has 34 heavy (non-hydrogen) atoms. The topological polar surface area (TPSA) is 26.8 Å². The van der Waals surface area contributed by atoms with Crippen LogP contribution >= 0.6 is 0 Å². The van der Waals surface area contributed by atoms with Crippen molar-refractivity contribution in [2.45, 2.75) is 57.5 Å². The maximum Gasteiger partial charge on any atom is 0.230 e. The molecule has 182 valence electrons. The summed E-state index contributed by atoms with van der Waals surface area (Å²) in [7, 11) is 0. The molecule has 1 aliphatic carbocycles. The van der Waals surface area contributed by atoms with Crippen molar-refractivity contribution in [1.29, 1.82) is 0 Å². The van der Waals surface area contributed by atoms with Crippen molar-refractivity contribution in [1.82, 2.24) is 9.80 Å². The van der Waals surface area contributed by atoms with E-state index in [1.54, 1.807) is 6.07 Å². The Hall–Kier alpha value is -2.31. The Morgan fingerprint density at radius 2 is 1.62 bits per heavy atom. The first-order valence-corrected chi connectivity index (χ1v) is 12.9. The zero-order valence-electron chi connectivity index (χ0n) is 19.9. The molecule has 2 heterocycles. The molecule has 3 aliphatic rings. The van der Waals surface area contributed by atoms with Crippen LogP contribution in [0.1, 0.15) is 49.7 Å². The van der Waals surface area contributed by atoms with Crippen molar-refractivity contribution in [3.63, 3.8) is 0 Å². The number of para-hydroxylation sites is 1. The highest BCUT2D eigenvalue weighted by molar-refractivity contribution is 5.97. The first-order chi connectivity index (χ1) is 16.6. The number of anilines is 1. The fraction of sp³-hybridized carbons (Fsp3) is 0.536. The lowest BCUT2D eigenvalue weighted by Gasteiger charge is -2.43. The van der Waals surface area contributed by atoms with Gasteiger partial charge in [-0.05, 0) is 43.4 Å². The van der Waals surface area contributed by atoms with Gasteiger partial charge >= 0.3 is 0 Å². The highest BCUT2D eigenvalue weighted by Crippen LogP contribution is 2.35. The molecule has 1 saturated carbocycles. The number of piperazine rings is 1. The van der Waals surface area contributed by atoms with E-state index in [-0.39, 0.29) is 12.0 Å². The molecule has 0 aromatic heterocycles. The van der Waals surface area contributed by atoms with Gasteiger partial charge in [-0.3, -0.25) is 14.6 Å². The van der Waals surface area contributed by atoms with Crippen LogP contribution in [0, 0.1) is 17.6 Å². The summed E-state index contributed by atoms with van der Waals surface area (Å²) in [5.41, 5.74) is 2.94. The summed E-state index contributed by atoms with van der Waals surface area (Å²) in [5, 5.41) is 0. The monoisotopic (exact) mass is 467 g/mol. The van der Waals surface area contributed by atoms with E-state index in [1.165, 1.54) is 18.1 Å². The average Bonchev–Trinajstić information content (AvgIpc) is 2.87. The number of hydrogen-bond acceptors (Lipinski definition) is 3. The Kier molecular flexibility index (Phi) is 7.26. The number of nitrogens with zero attached hydrogens (tertiary/aromatic N) is 3. The normalized spacial score (nSPS) is 22.5. The van der Waals surface area contributed by atoms with Gasteiger partial charge in [-0.1, -0.05) is 43.5 Å². The average molecular weight is 468 g/mol. The van der Waals surface area contributed by atoms with Gasteiger partial charge < -0.3 is 4.90 Å². The van der Waals surface area contributed by atoms with Crippen LogP contribution in [0.5, 0.6) is 0 Å². The Morgan fingerprint density at radius 1 is 0.882 bits per heavy atom. The summed E-state index contributed by atoms with van der Waals surface area (Å²) in [4.78, 5) is 20.5. The van der Waals surface area contributed by atoms with Crippen LogP contribution in [0.2, 0.25) is 0 Å². The molecule has 6 heteroatoms. The third-order valence-electron chi connectivity index (χ3n) is 7.90. The van der Waals surface area contributed by atoms with E-state index < -0.39 is 11.6 Å². The third-order valence-corrected chi connectivity index (χ3v) is 7.90. The van der Waals surface area contributed by atoms with E-state index in [0.29, 0.717) is 18.0 Å². The lowest BCUT2D eigenvalue weighted by molar-refractivity contribution is -0.124. The minimum atomic E-state index is -0.535. The fourth-order valence-corrected chi connectivity index (χ4v) is 5.94. The molecule has 2 aliphatic heterocycles. The van der Waals surface area contributed by atoms with Gasteiger partial charge in [0.1, 0.15) is 11.6 Å². The number of fused-ring (bicyclic) bond motifs is 1. The van der Waals surface area contributed by atoms with Crippen LogP contribution in [-0.4, -0.2) is 54.5 Å². The van der Waals surface area contributed by atoms with Crippen molar-refractivity contribution in [3.05, 3.63) is 65.2 Å². The van der Waals surface area contributed by atoms with E-state index in [9.17, 15) is 13.6 Å². The molecule has 0 spiro atoms. The van der Waals surface area contributed by atoms with Crippen LogP contribution in [0.25, 0.3) is 0 Å². The molecule has 0 bridgehead atoms. The van der Waals surface area contributed by atoms with Crippen LogP contribution in [0.3, 0.4) is 0 Å². The van der Waals surface area contributed by atoms with Gasteiger partial charge in [-0.25, -0.2) is 8.78 Å². The molecule has 4 nitrogen and oxygen atoms in total. The smallest absolute Gasteiger partial charge is 0.230 e. The predicted octanol–water partition coefficient (Wildman–Crippen LogP) is 5.01. The molecule has 5 rings (SSSR count). The van der Waals surface area contributed by atoms with Gasteiger partial charge in [0, 0.05) is 68.5 Å². The molecule has 1 saturated heterocycles. The Morgan fingerprint density at radius 3 is 2.38 bits per heavy atom. The zero-order valence-corrected chi connectivity index (χ0v) is 19.9. The molecular formula is C28H35F2N3O. The maximum atomic E-state index is 14.1. The number of carbonyl (C=O) groups is 1. The van der Waals surface area contributed by atoms with Crippen LogP contribution in [-0.2, 0) is 17.8 Å². The molecule has 1 amide bonds. The quantitative estimate of drug-likeness (QED) is 0.619. The largest absolute Gasteiger partial charge is 0.308 e. The number of benzene rings is 2. The van der Waals surface area contributed by atoms with Crippen molar-refractivity contribution < 1.29 is 13.6 Å². The summed E-state index contributed by atoms with van der Waals surface area (Å²) in [6.07, 6.45) is 7.61. The summed E-state index contributed by atoms with van der Waals surface area (Å²) in [6.45, 7) is 4.86. The number of hydrogen-bond donors (Lipinski definition) is 0. The third kappa shape index (κ3) is 5.18. The summed E-state index contributed by atoms with van der Waals surface area (Å²) in [5.74, 6) is -0.528. The molecule has 1 atom stereocenters. The molecule has 2 aromatic rings. The second-order valence-corrected chi connectivity index (χ2v) is 10.2. The van der Waals surface area contributed by atoms with Gasteiger partial charge in [0.2, 0.25) is 5.91 Å². The van der Waals surface area contributed by atoms with Gasteiger partial charge in [0.15, 0.2) is 0 Å². The van der Waals surface area contributed by atoms with Crippen molar-refractivity contribution >= 4 is 11.6 Å². The summed E-state index contributed by atoms with van der Waals surface area (Å²) in [6, 6.07) is 12.5. The number of rotatable bonds is 5. The van der Waals surface area contributed by atoms with Crippen molar-refractivity contribution in [2.24, 2.45) is 5.92 Å². The highest BCUT2D eigenvalue weighted by Gasteiger charge is 2.36. The predicted molar refractivity (Wildman–Crippen MR) is 131 cm³/mol. The molecule has 0 radical (unpaired) electrons. The standard InChI is InChI=1S/C28H35F2N3O/c29-24-12-10-23(26(30)18-24)19-31-14-16-32(17-15-31)20-25-13-11-21-6-4-5-9-27(21)33(25)28(34)22-7-2-1-3-8-22/h4-6,9-10,12,18,22,25H,1-3,7-8,11,13-17,19-20H2. The van der Waals surface area contributed by atoms with Gasteiger partial charge in [-0.15, -0.1) is 0 Å². The van der Waals surface area contributed by atoms with E-state index in [2.05, 4.69) is 39.0 Å². The van der Waals surface area contributed by atoms with Gasteiger partial charge in [0.05, 0.1) is 0 Å². The lowest BCUT2D eigenvalue weighted by Crippen LogP contribution is -2.55. The van der Waals surface area contributed by atoms with E-state index >= 15 is 0 Å². The van der Waals surface area contributed by atoms with E-state index in [1.807, 2.05) is 0 Å². The Balaban J connectivity index is 1.23.